The van der Waals surface area contributed by atoms with Gasteiger partial charge in [0.15, 0.2) is 11.6 Å². The first-order chi connectivity index (χ1) is 9.48. The Labute approximate surface area is 115 Å². The Kier molecular flexibility index (Phi) is 3.89. The number of nitrogens with one attached hydrogen (secondary N) is 1. The van der Waals surface area contributed by atoms with Gasteiger partial charge in [0.2, 0.25) is 0 Å². The van der Waals surface area contributed by atoms with Crippen molar-refractivity contribution in [2.45, 2.75) is 25.7 Å². The minimum Gasteiger partial charge on any atom is -0.481 e. The molecule has 1 aliphatic carbocycles. The SMILES string of the molecule is N#Cc1cc(F)c(NCC2(C(=O)O)CCCC2)c(F)c1. The Bertz CT molecular complexity index is 552. The molecule has 0 heterocycles. The lowest BCUT2D eigenvalue weighted by atomic mass is 9.86. The fourth-order valence-electron chi connectivity index (χ4n) is 2.58. The van der Waals surface area contributed by atoms with Gasteiger partial charge in [-0.25, -0.2) is 8.78 Å². The summed E-state index contributed by atoms with van der Waals surface area (Å²) in [5.74, 6) is -2.72. The molecule has 0 spiro atoms. The summed E-state index contributed by atoms with van der Waals surface area (Å²) in [6.45, 7) is -0.0257. The van der Waals surface area contributed by atoms with Gasteiger partial charge in [-0.2, -0.15) is 5.26 Å². The predicted octanol–water partition coefficient (Wildman–Crippen LogP) is 2.89. The van der Waals surface area contributed by atoms with E-state index in [2.05, 4.69) is 5.32 Å². The Morgan fingerprint density at radius 1 is 1.35 bits per heavy atom. The summed E-state index contributed by atoms with van der Waals surface area (Å²) in [4.78, 5) is 11.3. The average molecular weight is 280 g/mol. The van der Waals surface area contributed by atoms with E-state index in [-0.39, 0.29) is 17.8 Å². The van der Waals surface area contributed by atoms with Crippen molar-refractivity contribution in [2.24, 2.45) is 5.41 Å². The number of benzene rings is 1. The van der Waals surface area contributed by atoms with E-state index in [1.807, 2.05) is 0 Å². The quantitative estimate of drug-likeness (QED) is 0.889. The second kappa shape index (κ2) is 5.45. The number of hydrogen-bond donors (Lipinski definition) is 2. The second-order valence-corrected chi connectivity index (χ2v) is 5.07. The minimum atomic E-state index is -0.965. The third kappa shape index (κ3) is 2.57. The normalized spacial score (nSPS) is 16.6. The zero-order valence-corrected chi connectivity index (χ0v) is 10.7. The number of carboxylic acids is 1. The molecular formula is C14H14F2N2O2. The van der Waals surface area contributed by atoms with Gasteiger partial charge in [0.25, 0.3) is 0 Å². The van der Waals surface area contributed by atoms with E-state index < -0.39 is 23.0 Å². The Balaban J connectivity index is 2.19. The van der Waals surface area contributed by atoms with Crippen LogP contribution in [-0.2, 0) is 4.79 Å². The summed E-state index contributed by atoms with van der Waals surface area (Å²) < 4.78 is 27.4. The molecule has 0 saturated heterocycles. The monoisotopic (exact) mass is 280 g/mol. The van der Waals surface area contributed by atoms with Gasteiger partial charge in [-0.05, 0) is 25.0 Å². The highest BCUT2D eigenvalue weighted by atomic mass is 19.1. The number of nitrogens with zero attached hydrogens (tertiary/aromatic N) is 1. The molecule has 20 heavy (non-hydrogen) atoms. The van der Waals surface area contributed by atoms with Crippen LogP contribution in [0.4, 0.5) is 14.5 Å². The highest BCUT2D eigenvalue weighted by Gasteiger charge is 2.41. The number of halogens is 2. The number of hydrogen-bond acceptors (Lipinski definition) is 3. The molecule has 4 nitrogen and oxygen atoms in total. The van der Waals surface area contributed by atoms with Crippen molar-refractivity contribution in [3.8, 4) is 6.07 Å². The third-order valence-corrected chi connectivity index (χ3v) is 3.79. The maximum Gasteiger partial charge on any atom is 0.311 e. The maximum absolute atomic E-state index is 13.7. The Morgan fingerprint density at radius 2 is 1.90 bits per heavy atom. The molecule has 6 heteroatoms. The van der Waals surface area contributed by atoms with Crippen LogP contribution >= 0.6 is 0 Å². The van der Waals surface area contributed by atoms with Gasteiger partial charge in [-0.1, -0.05) is 12.8 Å². The summed E-state index contributed by atoms with van der Waals surface area (Å²) in [5.41, 5.74) is -1.46. The standard InChI is InChI=1S/C14H14F2N2O2/c15-10-5-9(7-17)6-11(16)12(10)18-8-14(13(19)20)3-1-2-4-14/h5-6,18H,1-4,8H2,(H,19,20). The molecule has 0 atom stereocenters. The highest BCUT2D eigenvalue weighted by molar-refractivity contribution is 5.76. The van der Waals surface area contributed by atoms with Crippen LogP contribution in [0.5, 0.6) is 0 Å². The molecule has 2 rings (SSSR count). The zero-order valence-electron chi connectivity index (χ0n) is 10.7. The molecule has 0 amide bonds. The highest BCUT2D eigenvalue weighted by Crippen LogP contribution is 2.38. The van der Waals surface area contributed by atoms with Crippen LogP contribution in [0.1, 0.15) is 31.2 Å². The van der Waals surface area contributed by atoms with E-state index >= 15 is 0 Å². The maximum atomic E-state index is 13.7. The lowest BCUT2D eigenvalue weighted by molar-refractivity contribution is -0.147. The number of carboxylic acid groups (broad SMARTS) is 1. The van der Waals surface area contributed by atoms with Gasteiger partial charge < -0.3 is 10.4 Å². The van der Waals surface area contributed by atoms with E-state index in [0.29, 0.717) is 12.8 Å². The molecule has 1 fully saturated rings. The molecule has 0 bridgehead atoms. The first-order valence-electron chi connectivity index (χ1n) is 6.35. The molecule has 1 saturated carbocycles. The lowest BCUT2D eigenvalue weighted by Crippen LogP contribution is -2.35. The molecule has 1 aliphatic rings. The van der Waals surface area contributed by atoms with E-state index in [1.54, 1.807) is 6.07 Å². The first-order valence-corrected chi connectivity index (χ1v) is 6.35. The van der Waals surface area contributed by atoms with E-state index in [1.165, 1.54) is 0 Å². The van der Waals surface area contributed by atoms with Crippen LogP contribution in [0.2, 0.25) is 0 Å². The molecule has 1 aromatic rings. The largest absolute Gasteiger partial charge is 0.481 e. The van der Waals surface area contributed by atoms with Crippen LogP contribution in [0.25, 0.3) is 0 Å². The minimum absolute atomic E-state index is 0.0257. The molecule has 2 N–H and O–H groups in total. The summed E-state index contributed by atoms with van der Waals surface area (Å²) in [6.07, 6.45) is 2.59. The Hall–Kier alpha value is -2.16. The van der Waals surface area contributed by atoms with Gasteiger partial charge in [0.05, 0.1) is 17.0 Å². The van der Waals surface area contributed by atoms with Gasteiger partial charge in [0.1, 0.15) is 5.69 Å². The first kappa shape index (κ1) is 14.3. The van der Waals surface area contributed by atoms with E-state index in [4.69, 9.17) is 5.26 Å². The number of carbonyl (C=O) groups is 1. The average Bonchev–Trinajstić information content (AvgIpc) is 2.87. The van der Waals surface area contributed by atoms with Gasteiger partial charge in [0, 0.05) is 6.54 Å². The number of anilines is 1. The van der Waals surface area contributed by atoms with Crippen molar-refractivity contribution in [2.75, 3.05) is 11.9 Å². The molecule has 0 unspecified atom stereocenters. The summed E-state index contributed by atoms with van der Waals surface area (Å²) >= 11 is 0. The fourth-order valence-corrected chi connectivity index (χ4v) is 2.58. The summed E-state index contributed by atoms with van der Waals surface area (Å²) in [6, 6.07) is 3.51. The number of aliphatic carboxylic acids is 1. The van der Waals surface area contributed by atoms with Crippen molar-refractivity contribution >= 4 is 11.7 Å². The van der Waals surface area contributed by atoms with Crippen LogP contribution in [-0.4, -0.2) is 17.6 Å². The van der Waals surface area contributed by atoms with Gasteiger partial charge in [-0.3, -0.25) is 4.79 Å². The van der Waals surface area contributed by atoms with Crippen molar-refractivity contribution in [3.05, 3.63) is 29.3 Å². The molecule has 0 radical (unpaired) electrons. The Morgan fingerprint density at radius 3 is 2.35 bits per heavy atom. The summed E-state index contributed by atoms with van der Waals surface area (Å²) in [7, 11) is 0. The van der Waals surface area contributed by atoms with Crippen molar-refractivity contribution < 1.29 is 18.7 Å². The van der Waals surface area contributed by atoms with Crippen LogP contribution in [0, 0.1) is 28.4 Å². The third-order valence-electron chi connectivity index (χ3n) is 3.79. The molecule has 0 aliphatic heterocycles. The van der Waals surface area contributed by atoms with Crippen molar-refractivity contribution in [1.29, 1.82) is 5.26 Å². The van der Waals surface area contributed by atoms with E-state index in [9.17, 15) is 18.7 Å². The fraction of sp³-hybridized carbons (Fsp3) is 0.429. The van der Waals surface area contributed by atoms with Crippen molar-refractivity contribution in [1.82, 2.24) is 0 Å². The molecule has 106 valence electrons. The second-order valence-electron chi connectivity index (χ2n) is 5.07. The predicted molar refractivity (Wildman–Crippen MR) is 68.1 cm³/mol. The van der Waals surface area contributed by atoms with Gasteiger partial charge >= 0.3 is 5.97 Å². The van der Waals surface area contributed by atoms with Crippen molar-refractivity contribution in [3.63, 3.8) is 0 Å². The number of nitriles is 1. The van der Waals surface area contributed by atoms with Crippen LogP contribution in [0.3, 0.4) is 0 Å². The van der Waals surface area contributed by atoms with Crippen LogP contribution < -0.4 is 5.32 Å². The lowest BCUT2D eigenvalue weighted by Gasteiger charge is -2.24. The summed E-state index contributed by atoms with van der Waals surface area (Å²) in [5, 5.41) is 20.5. The topological polar surface area (TPSA) is 73.1 Å². The zero-order chi connectivity index (χ0) is 14.8. The smallest absolute Gasteiger partial charge is 0.311 e. The molecular weight excluding hydrogens is 266 g/mol. The molecule has 0 aromatic heterocycles. The number of rotatable bonds is 4. The van der Waals surface area contributed by atoms with Crippen LogP contribution in [0.15, 0.2) is 12.1 Å². The molecule has 1 aromatic carbocycles. The van der Waals surface area contributed by atoms with Gasteiger partial charge in [-0.15, -0.1) is 0 Å². The van der Waals surface area contributed by atoms with E-state index in [0.717, 1.165) is 25.0 Å².